The van der Waals surface area contributed by atoms with Crippen molar-refractivity contribution in [2.45, 2.75) is 6.61 Å². The fraction of sp³-hybridized carbons (Fsp3) is 0.375. The molecule has 1 aromatic rings. The molecule has 72 valence electrons. The molecule has 0 radical (unpaired) electrons. The van der Waals surface area contributed by atoms with Crippen molar-refractivity contribution < 1.29 is 10.2 Å². The van der Waals surface area contributed by atoms with Gasteiger partial charge in [0.15, 0.2) is 0 Å². The molecule has 0 amide bonds. The molecule has 0 aromatic carbocycles. The lowest BCUT2D eigenvalue weighted by Gasteiger charge is -2.08. The fourth-order valence-electron chi connectivity index (χ4n) is 0.939. The SMILES string of the molecule is OCCNc1cc(Cl)ncc1CO. The van der Waals surface area contributed by atoms with E-state index in [1.54, 1.807) is 6.07 Å². The molecular weight excluding hydrogens is 192 g/mol. The van der Waals surface area contributed by atoms with Gasteiger partial charge in [0.05, 0.1) is 13.2 Å². The minimum atomic E-state index is -0.0993. The molecule has 0 atom stereocenters. The van der Waals surface area contributed by atoms with Crippen LogP contribution in [0.3, 0.4) is 0 Å². The zero-order chi connectivity index (χ0) is 9.68. The number of pyridine rings is 1. The van der Waals surface area contributed by atoms with Crippen LogP contribution in [0.2, 0.25) is 5.15 Å². The molecule has 0 fully saturated rings. The Hall–Kier alpha value is -0.840. The lowest BCUT2D eigenvalue weighted by atomic mass is 10.2. The summed E-state index contributed by atoms with van der Waals surface area (Å²) >= 11 is 5.66. The number of anilines is 1. The van der Waals surface area contributed by atoms with E-state index >= 15 is 0 Å². The number of aliphatic hydroxyl groups is 2. The normalized spacial score (nSPS) is 10.1. The second kappa shape index (κ2) is 5.01. The maximum absolute atomic E-state index is 8.92. The topological polar surface area (TPSA) is 65.4 Å². The molecule has 0 unspecified atom stereocenters. The molecule has 0 saturated carbocycles. The van der Waals surface area contributed by atoms with Crippen molar-refractivity contribution in [1.82, 2.24) is 4.98 Å². The molecule has 0 spiro atoms. The van der Waals surface area contributed by atoms with Gasteiger partial charge in [-0.05, 0) is 6.07 Å². The summed E-state index contributed by atoms with van der Waals surface area (Å²) in [7, 11) is 0. The van der Waals surface area contributed by atoms with Crippen molar-refractivity contribution >= 4 is 17.3 Å². The highest BCUT2D eigenvalue weighted by Gasteiger charge is 2.02. The summed E-state index contributed by atoms with van der Waals surface area (Å²) in [6.07, 6.45) is 1.50. The van der Waals surface area contributed by atoms with E-state index < -0.39 is 0 Å². The number of aliphatic hydroxyl groups excluding tert-OH is 2. The summed E-state index contributed by atoms with van der Waals surface area (Å²) in [6, 6.07) is 1.61. The Labute approximate surface area is 81.2 Å². The van der Waals surface area contributed by atoms with E-state index in [0.717, 1.165) is 0 Å². The first-order valence-corrected chi connectivity index (χ1v) is 4.25. The van der Waals surface area contributed by atoms with Gasteiger partial charge in [-0.1, -0.05) is 11.6 Å². The Morgan fingerprint density at radius 2 is 2.23 bits per heavy atom. The van der Waals surface area contributed by atoms with Crippen molar-refractivity contribution in [3.05, 3.63) is 23.0 Å². The molecule has 3 N–H and O–H groups in total. The van der Waals surface area contributed by atoms with Crippen LogP contribution in [0.5, 0.6) is 0 Å². The number of nitrogens with one attached hydrogen (secondary N) is 1. The van der Waals surface area contributed by atoms with Gasteiger partial charge in [0.25, 0.3) is 0 Å². The van der Waals surface area contributed by atoms with Crippen LogP contribution in [-0.2, 0) is 6.61 Å². The van der Waals surface area contributed by atoms with Crippen LogP contribution in [0.15, 0.2) is 12.3 Å². The molecular formula is C8H11ClN2O2. The highest BCUT2D eigenvalue weighted by molar-refractivity contribution is 6.29. The van der Waals surface area contributed by atoms with Crippen LogP contribution in [0.25, 0.3) is 0 Å². The molecule has 0 aliphatic heterocycles. The number of aromatic nitrogens is 1. The third-order valence-corrected chi connectivity index (χ3v) is 1.76. The molecule has 0 aliphatic carbocycles. The van der Waals surface area contributed by atoms with Gasteiger partial charge >= 0.3 is 0 Å². The van der Waals surface area contributed by atoms with Crippen LogP contribution in [0.4, 0.5) is 5.69 Å². The second-order valence-corrected chi connectivity index (χ2v) is 2.86. The lowest BCUT2D eigenvalue weighted by molar-refractivity contribution is 0.281. The maximum Gasteiger partial charge on any atom is 0.131 e. The van der Waals surface area contributed by atoms with Crippen LogP contribution >= 0.6 is 11.6 Å². The lowest BCUT2D eigenvalue weighted by Crippen LogP contribution is -2.07. The predicted octanol–water partition coefficient (Wildman–Crippen LogP) is 0.631. The van der Waals surface area contributed by atoms with E-state index in [0.29, 0.717) is 22.9 Å². The number of halogens is 1. The summed E-state index contributed by atoms with van der Waals surface area (Å²) in [6.45, 7) is 0.357. The number of nitrogens with zero attached hydrogens (tertiary/aromatic N) is 1. The zero-order valence-corrected chi connectivity index (χ0v) is 7.75. The van der Waals surface area contributed by atoms with Gasteiger partial charge in [-0.3, -0.25) is 0 Å². The van der Waals surface area contributed by atoms with Crippen LogP contribution in [0, 0.1) is 0 Å². The molecule has 1 rings (SSSR count). The van der Waals surface area contributed by atoms with Gasteiger partial charge in [0.2, 0.25) is 0 Å². The minimum absolute atomic E-state index is 0.0326. The third-order valence-electron chi connectivity index (χ3n) is 1.55. The standard InChI is InChI=1S/C8H11ClN2O2/c9-8-3-7(10-1-2-12)6(5-13)4-11-8/h3-4,12-13H,1-2,5H2,(H,10,11). The van der Waals surface area contributed by atoms with Crippen molar-refractivity contribution in [1.29, 1.82) is 0 Å². The monoisotopic (exact) mass is 202 g/mol. The number of hydrogen-bond donors (Lipinski definition) is 3. The molecule has 13 heavy (non-hydrogen) atoms. The fourth-order valence-corrected chi connectivity index (χ4v) is 1.10. The Morgan fingerprint density at radius 1 is 1.46 bits per heavy atom. The Bertz CT molecular complexity index is 281. The average Bonchev–Trinajstić information content (AvgIpc) is 2.15. The summed E-state index contributed by atoms with van der Waals surface area (Å²) in [5.74, 6) is 0. The smallest absolute Gasteiger partial charge is 0.131 e. The molecule has 4 nitrogen and oxygen atoms in total. The van der Waals surface area contributed by atoms with E-state index in [1.165, 1.54) is 6.20 Å². The van der Waals surface area contributed by atoms with Crippen LogP contribution in [0.1, 0.15) is 5.56 Å². The van der Waals surface area contributed by atoms with Gasteiger partial charge in [-0.15, -0.1) is 0 Å². The molecule has 0 bridgehead atoms. The summed E-state index contributed by atoms with van der Waals surface area (Å²) < 4.78 is 0. The quantitative estimate of drug-likeness (QED) is 0.627. The van der Waals surface area contributed by atoms with Crippen molar-refractivity contribution in [3.63, 3.8) is 0 Å². The Morgan fingerprint density at radius 3 is 2.85 bits per heavy atom. The van der Waals surface area contributed by atoms with E-state index in [4.69, 9.17) is 21.8 Å². The molecule has 0 aliphatic rings. The Balaban J connectivity index is 2.81. The van der Waals surface area contributed by atoms with E-state index in [9.17, 15) is 0 Å². The van der Waals surface area contributed by atoms with Gasteiger partial charge < -0.3 is 15.5 Å². The summed E-state index contributed by atoms with van der Waals surface area (Å²) in [4.78, 5) is 3.82. The molecule has 5 heteroatoms. The molecule has 0 saturated heterocycles. The first-order valence-electron chi connectivity index (χ1n) is 3.88. The van der Waals surface area contributed by atoms with Gasteiger partial charge in [0.1, 0.15) is 5.15 Å². The largest absolute Gasteiger partial charge is 0.395 e. The van der Waals surface area contributed by atoms with Gasteiger partial charge in [-0.2, -0.15) is 0 Å². The van der Waals surface area contributed by atoms with Gasteiger partial charge in [0, 0.05) is 24.0 Å². The minimum Gasteiger partial charge on any atom is -0.395 e. The van der Waals surface area contributed by atoms with Crippen LogP contribution < -0.4 is 5.32 Å². The number of rotatable bonds is 4. The average molecular weight is 203 g/mol. The predicted molar refractivity (Wildman–Crippen MR) is 50.7 cm³/mol. The zero-order valence-electron chi connectivity index (χ0n) is 7.00. The Kier molecular flexibility index (Phi) is 3.95. The highest BCUT2D eigenvalue weighted by Crippen LogP contribution is 2.18. The summed E-state index contributed by atoms with van der Waals surface area (Å²) in [5.41, 5.74) is 1.37. The van der Waals surface area contributed by atoms with E-state index in [-0.39, 0.29) is 13.2 Å². The van der Waals surface area contributed by atoms with E-state index in [1.807, 2.05) is 0 Å². The molecule has 1 heterocycles. The number of hydrogen-bond acceptors (Lipinski definition) is 4. The van der Waals surface area contributed by atoms with Crippen molar-refractivity contribution in [3.8, 4) is 0 Å². The first-order chi connectivity index (χ1) is 6.27. The highest BCUT2D eigenvalue weighted by atomic mass is 35.5. The van der Waals surface area contributed by atoms with Crippen LogP contribution in [-0.4, -0.2) is 28.3 Å². The van der Waals surface area contributed by atoms with Crippen molar-refractivity contribution in [2.75, 3.05) is 18.5 Å². The first kappa shape index (κ1) is 10.2. The summed E-state index contributed by atoms with van der Waals surface area (Å²) in [5, 5.41) is 20.8. The van der Waals surface area contributed by atoms with E-state index in [2.05, 4.69) is 10.3 Å². The third kappa shape index (κ3) is 2.84. The van der Waals surface area contributed by atoms with Crippen molar-refractivity contribution in [2.24, 2.45) is 0 Å². The second-order valence-electron chi connectivity index (χ2n) is 2.47. The maximum atomic E-state index is 8.92. The van der Waals surface area contributed by atoms with Gasteiger partial charge in [-0.25, -0.2) is 4.98 Å². The molecule has 1 aromatic heterocycles.